The lowest BCUT2D eigenvalue weighted by molar-refractivity contribution is 0.102. The van der Waals surface area contributed by atoms with Gasteiger partial charge < -0.3 is 0 Å². The van der Waals surface area contributed by atoms with E-state index in [1.54, 1.807) is 24.5 Å². The van der Waals surface area contributed by atoms with E-state index in [1.807, 2.05) is 54.0 Å². The molecular weight excluding hydrogens is 484 g/mol. The van der Waals surface area contributed by atoms with Crippen LogP contribution >= 0.6 is 39.3 Å². The smallest absolute Gasteiger partial charge is 0.196 e. The zero-order chi connectivity index (χ0) is 21.1. The highest BCUT2D eigenvalue weighted by Gasteiger charge is 2.19. The van der Waals surface area contributed by atoms with Crippen LogP contribution in [0, 0.1) is 6.92 Å². The van der Waals surface area contributed by atoms with Gasteiger partial charge >= 0.3 is 0 Å². The predicted octanol–water partition coefficient (Wildman–Crippen LogP) is 6.03. The molecule has 0 spiro atoms. The van der Waals surface area contributed by atoms with Gasteiger partial charge in [-0.2, -0.15) is 0 Å². The number of nitrogens with zero attached hydrogens (tertiary/aromatic N) is 4. The van der Waals surface area contributed by atoms with E-state index >= 15 is 0 Å². The largest absolute Gasteiger partial charge is 0.293 e. The Kier molecular flexibility index (Phi) is 6.32. The lowest BCUT2D eigenvalue weighted by Crippen LogP contribution is -2.06. The fourth-order valence-corrected chi connectivity index (χ4v) is 4.23. The zero-order valence-electron chi connectivity index (χ0n) is 15.9. The highest BCUT2D eigenvalue weighted by atomic mass is 79.9. The lowest BCUT2D eigenvalue weighted by Gasteiger charge is -2.13. The molecule has 0 radical (unpaired) electrons. The van der Waals surface area contributed by atoms with Gasteiger partial charge in [-0.25, -0.2) is 0 Å². The molecule has 4 aromatic rings. The Morgan fingerprint density at radius 3 is 2.53 bits per heavy atom. The quantitative estimate of drug-likeness (QED) is 0.239. The first-order valence-electron chi connectivity index (χ1n) is 9.07. The predicted molar refractivity (Wildman–Crippen MR) is 124 cm³/mol. The minimum absolute atomic E-state index is 0.0235. The summed E-state index contributed by atoms with van der Waals surface area (Å²) >= 11 is 11.1. The van der Waals surface area contributed by atoms with Gasteiger partial charge in [0.25, 0.3) is 0 Å². The Morgan fingerprint density at radius 1 is 1.07 bits per heavy atom. The van der Waals surface area contributed by atoms with E-state index in [9.17, 15) is 4.79 Å². The number of benzene rings is 2. The molecule has 0 N–H and O–H groups in total. The molecule has 30 heavy (non-hydrogen) atoms. The number of pyridine rings is 1. The van der Waals surface area contributed by atoms with Crippen molar-refractivity contribution in [1.29, 1.82) is 0 Å². The molecular formula is C22H16BrClN4OS. The second kappa shape index (κ2) is 9.12. The van der Waals surface area contributed by atoms with E-state index in [-0.39, 0.29) is 11.5 Å². The number of ketones is 1. The molecule has 0 aliphatic carbocycles. The van der Waals surface area contributed by atoms with Crippen LogP contribution in [0.25, 0.3) is 17.1 Å². The molecule has 0 atom stereocenters. The number of carbonyl (C=O) groups excluding carboxylic acids is 1. The maximum absolute atomic E-state index is 12.7. The van der Waals surface area contributed by atoms with Crippen molar-refractivity contribution in [3.05, 3.63) is 87.6 Å². The second-order valence-corrected chi connectivity index (χ2v) is 8.75. The molecule has 2 heterocycles. The van der Waals surface area contributed by atoms with Crippen LogP contribution < -0.4 is 0 Å². The van der Waals surface area contributed by atoms with Crippen LogP contribution in [0.1, 0.15) is 15.9 Å². The number of Topliss-reactive ketones (excluding diaryl/α,β-unsaturated/α-hetero) is 1. The second-order valence-electron chi connectivity index (χ2n) is 6.48. The molecule has 0 unspecified atom stereocenters. The number of halogens is 2. The van der Waals surface area contributed by atoms with Crippen LogP contribution in [-0.4, -0.2) is 31.3 Å². The van der Waals surface area contributed by atoms with Gasteiger partial charge in [0.05, 0.1) is 11.4 Å². The Labute approximate surface area is 191 Å². The van der Waals surface area contributed by atoms with Gasteiger partial charge in [-0.1, -0.05) is 57.5 Å². The molecule has 0 fully saturated rings. The number of thioether (sulfide) groups is 1. The van der Waals surface area contributed by atoms with Crippen molar-refractivity contribution in [2.45, 2.75) is 12.1 Å². The Bertz CT molecular complexity index is 1200. The summed E-state index contributed by atoms with van der Waals surface area (Å²) in [5.41, 5.74) is 3.32. The van der Waals surface area contributed by atoms with Crippen molar-refractivity contribution < 1.29 is 4.79 Å². The van der Waals surface area contributed by atoms with Crippen molar-refractivity contribution in [2.75, 3.05) is 5.75 Å². The van der Waals surface area contributed by atoms with Crippen LogP contribution in [0.2, 0.25) is 5.02 Å². The molecule has 150 valence electrons. The monoisotopic (exact) mass is 498 g/mol. The van der Waals surface area contributed by atoms with Crippen molar-refractivity contribution >= 4 is 45.1 Å². The number of rotatable bonds is 6. The lowest BCUT2D eigenvalue weighted by atomic mass is 10.2. The fraction of sp³-hybridized carbons (Fsp3) is 0.0909. The first kappa shape index (κ1) is 20.8. The summed E-state index contributed by atoms with van der Waals surface area (Å²) < 4.78 is 2.88. The SMILES string of the molecule is Cc1c(Cl)cccc1-n1c(SCC(=O)c2ccc(Br)cc2)nnc1-c1ccncc1. The summed E-state index contributed by atoms with van der Waals surface area (Å²) in [5, 5.41) is 10.1. The third-order valence-corrected chi connectivity index (χ3v) is 6.42. The summed E-state index contributed by atoms with van der Waals surface area (Å²) in [6, 6.07) is 16.8. The summed E-state index contributed by atoms with van der Waals surface area (Å²) in [6.07, 6.45) is 3.42. The normalized spacial score (nSPS) is 10.9. The molecule has 2 aromatic carbocycles. The molecule has 8 heteroatoms. The van der Waals surface area contributed by atoms with Crippen LogP contribution in [0.5, 0.6) is 0 Å². The summed E-state index contributed by atoms with van der Waals surface area (Å²) in [4.78, 5) is 16.7. The van der Waals surface area contributed by atoms with E-state index in [0.717, 1.165) is 21.3 Å². The molecule has 0 aliphatic heterocycles. The first-order valence-corrected chi connectivity index (χ1v) is 11.2. The van der Waals surface area contributed by atoms with Crippen LogP contribution in [0.3, 0.4) is 0 Å². The number of hydrogen-bond acceptors (Lipinski definition) is 5. The van der Waals surface area contributed by atoms with Gasteiger partial charge in [-0.15, -0.1) is 10.2 Å². The van der Waals surface area contributed by atoms with Gasteiger partial charge in [0, 0.05) is 33.0 Å². The maximum atomic E-state index is 12.7. The fourth-order valence-electron chi connectivity index (χ4n) is 2.96. The van der Waals surface area contributed by atoms with Crippen LogP contribution in [0.15, 0.2) is 76.6 Å². The number of aromatic nitrogens is 4. The number of carbonyl (C=O) groups is 1. The van der Waals surface area contributed by atoms with Gasteiger partial charge in [0.15, 0.2) is 16.8 Å². The minimum atomic E-state index is 0.0235. The standard InChI is InChI=1S/C22H16BrClN4OS/c1-14-18(24)3-2-4-19(14)28-21(16-9-11-25-12-10-16)26-27-22(28)30-13-20(29)15-5-7-17(23)8-6-15/h2-12H,13H2,1H3. The van der Waals surface area contributed by atoms with E-state index in [2.05, 4.69) is 31.1 Å². The van der Waals surface area contributed by atoms with E-state index < -0.39 is 0 Å². The molecule has 0 saturated heterocycles. The molecule has 2 aromatic heterocycles. The summed E-state index contributed by atoms with van der Waals surface area (Å²) in [6.45, 7) is 1.95. The Hall–Kier alpha value is -2.48. The van der Waals surface area contributed by atoms with Gasteiger partial charge in [-0.3, -0.25) is 14.3 Å². The van der Waals surface area contributed by atoms with Gasteiger partial charge in [0.2, 0.25) is 0 Å². The van der Waals surface area contributed by atoms with Gasteiger partial charge in [-0.05, 0) is 48.9 Å². The summed E-state index contributed by atoms with van der Waals surface area (Å²) in [5.74, 6) is 0.937. The maximum Gasteiger partial charge on any atom is 0.196 e. The highest BCUT2D eigenvalue weighted by Crippen LogP contribution is 2.31. The van der Waals surface area contributed by atoms with E-state index in [4.69, 9.17) is 11.6 Å². The number of hydrogen-bond donors (Lipinski definition) is 0. The molecule has 0 saturated carbocycles. The topological polar surface area (TPSA) is 60.7 Å². The average molecular weight is 500 g/mol. The van der Waals surface area contributed by atoms with Crippen molar-refractivity contribution in [3.63, 3.8) is 0 Å². The summed E-state index contributed by atoms with van der Waals surface area (Å²) in [7, 11) is 0. The minimum Gasteiger partial charge on any atom is -0.293 e. The highest BCUT2D eigenvalue weighted by molar-refractivity contribution is 9.10. The van der Waals surface area contributed by atoms with Crippen molar-refractivity contribution in [2.24, 2.45) is 0 Å². The molecule has 0 bridgehead atoms. The average Bonchev–Trinajstić information content (AvgIpc) is 3.19. The third-order valence-electron chi connectivity index (χ3n) is 4.55. The zero-order valence-corrected chi connectivity index (χ0v) is 19.1. The van der Waals surface area contributed by atoms with Crippen molar-refractivity contribution in [1.82, 2.24) is 19.7 Å². The van der Waals surface area contributed by atoms with Crippen molar-refractivity contribution in [3.8, 4) is 17.1 Å². The van der Waals surface area contributed by atoms with E-state index in [1.165, 1.54) is 11.8 Å². The first-order chi connectivity index (χ1) is 14.5. The van der Waals surface area contributed by atoms with Crippen LogP contribution in [-0.2, 0) is 0 Å². The third kappa shape index (κ3) is 4.33. The molecule has 0 aliphatic rings. The van der Waals surface area contributed by atoms with Gasteiger partial charge in [0.1, 0.15) is 0 Å². The van der Waals surface area contributed by atoms with Crippen LogP contribution in [0.4, 0.5) is 0 Å². The Morgan fingerprint density at radius 2 is 1.80 bits per heavy atom. The molecule has 5 nitrogen and oxygen atoms in total. The van der Waals surface area contributed by atoms with E-state index in [0.29, 0.717) is 21.6 Å². The molecule has 0 amide bonds. The molecule has 4 rings (SSSR count). The Balaban J connectivity index is 1.71.